The summed E-state index contributed by atoms with van der Waals surface area (Å²) < 4.78 is 6.27. The van der Waals surface area contributed by atoms with Crippen molar-refractivity contribution in [2.75, 3.05) is 13.7 Å². The first-order chi connectivity index (χ1) is 8.77. The van der Waals surface area contributed by atoms with Gasteiger partial charge in [-0.3, -0.25) is 4.98 Å². The molecule has 94 valence electrons. The lowest BCUT2D eigenvalue weighted by atomic mass is 10.1. The Hall–Kier alpha value is -2.28. The molecule has 0 unspecified atom stereocenters. The Morgan fingerprint density at radius 3 is 2.78 bits per heavy atom. The Morgan fingerprint density at radius 2 is 2.17 bits per heavy atom. The number of aromatic nitrogens is 4. The van der Waals surface area contributed by atoms with E-state index in [2.05, 4.69) is 20.0 Å². The van der Waals surface area contributed by atoms with Crippen LogP contribution in [0.15, 0.2) is 24.5 Å². The first-order valence-corrected chi connectivity index (χ1v) is 5.40. The van der Waals surface area contributed by atoms with Gasteiger partial charge in [0.15, 0.2) is 5.69 Å². The van der Waals surface area contributed by atoms with Crippen molar-refractivity contribution in [3.63, 3.8) is 0 Å². The second kappa shape index (κ2) is 5.37. The van der Waals surface area contributed by atoms with Gasteiger partial charge >= 0.3 is 5.97 Å². The van der Waals surface area contributed by atoms with E-state index in [0.29, 0.717) is 18.8 Å². The minimum Gasteiger partial charge on any atom is -0.464 e. The topological polar surface area (TPSA) is 95.9 Å². The molecule has 0 aliphatic heterocycles. The third-order valence-electron chi connectivity index (χ3n) is 2.41. The van der Waals surface area contributed by atoms with E-state index in [0.717, 1.165) is 5.56 Å². The molecule has 0 atom stereocenters. The van der Waals surface area contributed by atoms with Crippen LogP contribution in [-0.4, -0.2) is 39.6 Å². The number of nitrogens with two attached hydrogens (primary N) is 1. The van der Waals surface area contributed by atoms with Crippen LogP contribution in [0.5, 0.6) is 0 Å². The highest BCUT2D eigenvalue weighted by Gasteiger charge is 2.21. The molecular formula is C11H13N5O2. The van der Waals surface area contributed by atoms with E-state index in [1.807, 2.05) is 0 Å². The zero-order valence-corrected chi connectivity index (χ0v) is 9.91. The highest BCUT2D eigenvalue weighted by atomic mass is 16.5. The molecule has 0 aliphatic rings. The number of carbonyl (C=O) groups is 1. The normalized spacial score (nSPS) is 10.3. The molecule has 0 aromatic carbocycles. The molecule has 0 radical (unpaired) electrons. The summed E-state index contributed by atoms with van der Waals surface area (Å²) >= 11 is 0. The number of nitrogens with zero attached hydrogens (tertiary/aromatic N) is 4. The number of methoxy groups -OCH3 is 1. The lowest BCUT2D eigenvalue weighted by Gasteiger charge is -2.06. The fourth-order valence-corrected chi connectivity index (χ4v) is 1.62. The van der Waals surface area contributed by atoms with Crippen LogP contribution in [-0.2, 0) is 11.3 Å². The zero-order valence-electron chi connectivity index (χ0n) is 9.91. The second-order valence-electron chi connectivity index (χ2n) is 3.53. The molecule has 0 amide bonds. The van der Waals surface area contributed by atoms with Crippen LogP contribution in [0.1, 0.15) is 10.5 Å². The summed E-state index contributed by atoms with van der Waals surface area (Å²) in [5, 5.41) is 7.76. The lowest BCUT2D eigenvalue weighted by Crippen LogP contribution is -2.13. The van der Waals surface area contributed by atoms with E-state index >= 15 is 0 Å². The second-order valence-corrected chi connectivity index (χ2v) is 3.53. The Labute approximate surface area is 104 Å². The van der Waals surface area contributed by atoms with Gasteiger partial charge in [0.25, 0.3) is 0 Å². The number of rotatable bonds is 4. The minimum absolute atomic E-state index is 0.178. The Bertz CT molecular complexity index is 538. The van der Waals surface area contributed by atoms with E-state index in [1.165, 1.54) is 7.11 Å². The molecule has 18 heavy (non-hydrogen) atoms. The highest BCUT2D eigenvalue weighted by molar-refractivity contribution is 5.93. The molecule has 0 saturated carbocycles. The molecule has 2 aromatic rings. The van der Waals surface area contributed by atoms with Crippen molar-refractivity contribution in [3.05, 3.63) is 30.2 Å². The van der Waals surface area contributed by atoms with E-state index < -0.39 is 5.97 Å². The van der Waals surface area contributed by atoms with Crippen LogP contribution in [0, 0.1) is 0 Å². The van der Waals surface area contributed by atoms with Gasteiger partial charge in [0.2, 0.25) is 0 Å². The van der Waals surface area contributed by atoms with Gasteiger partial charge in [-0.2, -0.15) is 0 Å². The third kappa shape index (κ3) is 2.21. The quantitative estimate of drug-likeness (QED) is 0.769. The SMILES string of the molecule is COC(=O)c1nnn(CCN)c1-c1ccncc1. The van der Waals surface area contributed by atoms with Gasteiger partial charge < -0.3 is 10.5 Å². The van der Waals surface area contributed by atoms with E-state index in [-0.39, 0.29) is 5.69 Å². The molecule has 2 N–H and O–H groups in total. The average Bonchev–Trinajstić information content (AvgIpc) is 2.83. The molecule has 7 nitrogen and oxygen atoms in total. The fourth-order valence-electron chi connectivity index (χ4n) is 1.62. The number of hydrogen-bond acceptors (Lipinski definition) is 6. The summed E-state index contributed by atoms with van der Waals surface area (Å²) in [5.74, 6) is -0.523. The average molecular weight is 247 g/mol. The van der Waals surface area contributed by atoms with Crippen molar-refractivity contribution in [3.8, 4) is 11.3 Å². The molecule has 7 heteroatoms. The number of pyridine rings is 1. The number of hydrogen-bond donors (Lipinski definition) is 1. The molecule has 0 saturated heterocycles. The van der Waals surface area contributed by atoms with Gasteiger partial charge in [0.05, 0.1) is 13.7 Å². The summed E-state index contributed by atoms with van der Waals surface area (Å²) in [5.41, 5.74) is 7.07. The van der Waals surface area contributed by atoms with Crippen LogP contribution in [0.25, 0.3) is 11.3 Å². The summed E-state index contributed by atoms with van der Waals surface area (Å²) in [4.78, 5) is 15.6. The predicted octanol–water partition coefficient (Wildman–Crippen LogP) is 0.0854. The number of esters is 1. The van der Waals surface area contributed by atoms with Crippen LogP contribution in [0.3, 0.4) is 0 Å². The van der Waals surface area contributed by atoms with Crippen molar-refractivity contribution >= 4 is 5.97 Å². The van der Waals surface area contributed by atoms with Crippen molar-refractivity contribution in [2.24, 2.45) is 5.73 Å². The minimum atomic E-state index is -0.523. The summed E-state index contributed by atoms with van der Waals surface area (Å²) in [6, 6.07) is 3.55. The molecule has 2 heterocycles. The number of carbonyl (C=O) groups excluding carboxylic acids is 1. The van der Waals surface area contributed by atoms with Gasteiger partial charge in [0, 0.05) is 24.5 Å². The Balaban J connectivity index is 2.54. The standard InChI is InChI=1S/C11H13N5O2/c1-18-11(17)9-10(8-2-5-13-6-3-8)16(7-4-12)15-14-9/h2-3,5-6H,4,7,12H2,1H3. The molecule has 2 aromatic heterocycles. The molecule has 0 bridgehead atoms. The summed E-state index contributed by atoms with van der Waals surface area (Å²) in [6.45, 7) is 0.879. The monoisotopic (exact) mass is 247 g/mol. The van der Waals surface area contributed by atoms with E-state index in [4.69, 9.17) is 5.73 Å². The fraction of sp³-hybridized carbons (Fsp3) is 0.273. The van der Waals surface area contributed by atoms with Crippen molar-refractivity contribution in [1.29, 1.82) is 0 Å². The smallest absolute Gasteiger partial charge is 0.360 e. The highest BCUT2D eigenvalue weighted by Crippen LogP contribution is 2.21. The molecule has 0 fully saturated rings. The van der Waals surface area contributed by atoms with Crippen molar-refractivity contribution in [2.45, 2.75) is 6.54 Å². The van der Waals surface area contributed by atoms with Crippen LogP contribution >= 0.6 is 0 Å². The van der Waals surface area contributed by atoms with Crippen LogP contribution in [0.2, 0.25) is 0 Å². The van der Waals surface area contributed by atoms with Crippen LogP contribution in [0.4, 0.5) is 0 Å². The molecular weight excluding hydrogens is 234 g/mol. The van der Waals surface area contributed by atoms with Crippen molar-refractivity contribution < 1.29 is 9.53 Å². The third-order valence-corrected chi connectivity index (χ3v) is 2.41. The Morgan fingerprint density at radius 1 is 1.44 bits per heavy atom. The molecule has 0 aliphatic carbocycles. The summed E-state index contributed by atoms with van der Waals surface area (Å²) in [7, 11) is 1.31. The van der Waals surface area contributed by atoms with Gasteiger partial charge in [-0.25, -0.2) is 9.48 Å². The number of ether oxygens (including phenoxy) is 1. The Kier molecular flexibility index (Phi) is 3.63. The first kappa shape index (κ1) is 12.2. The predicted molar refractivity (Wildman–Crippen MR) is 63.6 cm³/mol. The van der Waals surface area contributed by atoms with Gasteiger partial charge in [0.1, 0.15) is 5.69 Å². The zero-order chi connectivity index (χ0) is 13.0. The largest absolute Gasteiger partial charge is 0.464 e. The first-order valence-electron chi connectivity index (χ1n) is 5.40. The maximum absolute atomic E-state index is 11.6. The van der Waals surface area contributed by atoms with Crippen molar-refractivity contribution in [1.82, 2.24) is 20.0 Å². The molecule has 0 spiro atoms. The van der Waals surface area contributed by atoms with Gasteiger partial charge in [-0.1, -0.05) is 5.21 Å². The van der Waals surface area contributed by atoms with Gasteiger partial charge in [-0.15, -0.1) is 5.10 Å². The van der Waals surface area contributed by atoms with Gasteiger partial charge in [-0.05, 0) is 12.1 Å². The van der Waals surface area contributed by atoms with E-state index in [9.17, 15) is 4.79 Å². The summed E-state index contributed by atoms with van der Waals surface area (Å²) in [6.07, 6.45) is 3.27. The maximum Gasteiger partial charge on any atom is 0.360 e. The van der Waals surface area contributed by atoms with Crippen LogP contribution < -0.4 is 5.73 Å². The molecule has 2 rings (SSSR count). The maximum atomic E-state index is 11.6. The lowest BCUT2D eigenvalue weighted by molar-refractivity contribution is 0.0595. The van der Waals surface area contributed by atoms with E-state index in [1.54, 1.807) is 29.2 Å².